The Morgan fingerprint density at radius 2 is 2.27 bits per heavy atom. The molecule has 0 aliphatic heterocycles. The molecule has 0 aromatic heterocycles. The van der Waals surface area contributed by atoms with Crippen molar-refractivity contribution in [2.75, 3.05) is 0 Å². The first-order valence-electron chi connectivity index (χ1n) is 3.33. The molecule has 0 N–H and O–H groups in total. The molecule has 0 unspecified atom stereocenters. The molecule has 0 atom stereocenters. The Bertz CT molecular complexity index is 299. The van der Waals surface area contributed by atoms with Crippen LogP contribution in [0.25, 0.3) is 4.85 Å². The minimum Gasteiger partial charge on any atom is -0.312 e. The van der Waals surface area contributed by atoms with Crippen molar-refractivity contribution in [3.63, 3.8) is 0 Å². The lowest BCUT2D eigenvalue weighted by Gasteiger charge is -1.97. The number of benzene rings is 1. The van der Waals surface area contributed by atoms with Crippen LogP contribution in [0.1, 0.15) is 11.1 Å². The molecule has 0 aliphatic rings. The standard InChI is InChI=1S/C9H8FN/c1-7-4-3-5-8(6-11-2)9(7)10/h3-5H,6H2,1H3. The summed E-state index contributed by atoms with van der Waals surface area (Å²) in [5, 5.41) is 0. The number of hydrogen-bond acceptors (Lipinski definition) is 0. The zero-order valence-electron chi connectivity index (χ0n) is 6.26. The Morgan fingerprint density at radius 1 is 1.55 bits per heavy atom. The van der Waals surface area contributed by atoms with Gasteiger partial charge in [0.25, 0.3) is 0 Å². The Hall–Kier alpha value is -1.36. The van der Waals surface area contributed by atoms with Gasteiger partial charge in [-0.1, -0.05) is 12.1 Å². The van der Waals surface area contributed by atoms with E-state index in [0.29, 0.717) is 11.1 Å². The number of halogens is 1. The minimum absolute atomic E-state index is 0.132. The summed E-state index contributed by atoms with van der Waals surface area (Å²) in [5.41, 5.74) is 1.09. The first-order chi connectivity index (χ1) is 5.25. The molecular formula is C9H8FN. The molecule has 0 fully saturated rings. The maximum Gasteiger partial charge on any atom is 0.242 e. The van der Waals surface area contributed by atoms with E-state index < -0.39 is 0 Å². The summed E-state index contributed by atoms with van der Waals surface area (Å²) >= 11 is 0. The molecule has 0 bridgehead atoms. The molecule has 0 saturated carbocycles. The second kappa shape index (κ2) is 3.16. The van der Waals surface area contributed by atoms with E-state index >= 15 is 0 Å². The average molecular weight is 149 g/mol. The second-order valence-electron chi connectivity index (χ2n) is 2.36. The van der Waals surface area contributed by atoms with Crippen molar-refractivity contribution >= 4 is 0 Å². The molecule has 2 heteroatoms. The maximum absolute atomic E-state index is 13.0. The van der Waals surface area contributed by atoms with Crippen LogP contribution < -0.4 is 0 Å². The van der Waals surface area contributed by atoms with Gasteiger partial charge in [0, 0.05) is 0 Å². The molecule has 1 aromatic rings. The molecule has 56 valence electrons. The van der Waals surface area contributed by atoms with E-state index in [1.54, 1.807) is 25.1 Å². The van der Waals surface area contributed by atoms with Crippen LogP contribution in [0.5, 0.6) is 0 Å². The average Bonchev–Trinajstić information content (AvgIpc) is 1.99. The van der Waals surface area contributed by atoms with Crippen LogP contribution in [0.15, 0.2) is 18.2 Å². The quantitative estimate of drug-likeness (QED) is 0.540. The summed E-state index contributed by atoms with van der Waals surface area (Å²) in [6.45, 7) is 8.40. The second-order valence-corrected chi connectivity index (χ2v) is 2.36. The van der Waals surface area contributed by atoms with Crippen molar-refractivity contribution in [3.05, 3.63) is 46.6 Å². The van der Waals surface area contributed by atoms with E-state index in [4.69, 9.17) is 6.57 Å². The fourth-order valence-electron chi connectivity index (χ4n) is 0.915. The number of rotatable bonds is 1. The largest absolute Gasteiger partial charge is 0.312 e. The van der Waals surface area contributed by atoms with Gasteiger partial charge in [0.05, 0.1) is 5.56 Å². The summed E-state index contributed by atoms with van der Waals surface area (Å²) in [4.78, 5) is 3.12. The normalized spacial score (nSPS) is 9.18. The molecule has 0 aliphatic carbocycles. The van der Waals surface area contributed by atoms with Crippen LogP contribution in [0.3, 0.4) is 0 Å². The summed E-state index contributed by atoms with van der Waals surface area (Å²) < 4.78 is 13.0. The number of aryl methyl sites for hydroxylation is 1. The first-order valence-corrected chi connectivity index (χ1v) is 3.33. The van der Waals surface area contributed by atoms with Crippen molar-refractivity contribution in [2.24, 2.45) is 0 Å². The molecule has 0 heterocycles. The van der Waals surface area contributed by atoms with Crippen molar-refractivity contribution in [3.8, 4) is 0 Å². The maximum atomic E-state index is 13.0. The highest BCUT2D eigenvalue weighted by Gasteiger charge is 2.04. The van der Waals surface area contributed by atoms with Crippen LogP contribution in [-0.2, 0) is 6.54 Å². The summed E-state index contributed by atoms with van der Waals surface area (Å²) in [7, 11) is 0. The van der Waals surface area contributed by atoms with Crippen LogP contribution >= 0.6 is 0 Å². The molecule has 0 spiro atoms. The smallest absolute Gasteiger partial charge is 0.242 e. The zero-order chi connectivity index (χ0) is 8.27. The van der Waals surface area contributed by atoms with Gasteiger partial charge in [0.2, 0.25) is 6.54 Å². The van der Waals surface area contributed by atoms with Gasteiger partial charge in [0.1, 0.15) is 5.82 Å². The van der Waals surface area contributed by atoms with Crippen LogP contribution in [-0.4, -0.2) is 0 Å². The Labute approximate surface area is 65.3 Å². The van der Waals surface area contributed by atoms with Gasteiger partial charge in [-0.15, -0.1) is 0 Å². The third-order valence-corrected chi connectivity index (χ3v) is 1.52. The summed E-state index contributed by atoms with van der Waals surface area (Å²) in [6, 6.07) is 5.10. The molecule has 0 amide bonds. The van der Waals surface area contributed by atoms with E-state index in [1.165, 1.54) is 0 Å². The highest BCUT2D eigenvalue weighted by atomic mass is 19.1. The van der Waals surface area contributed by atoms with Crippen molar-refractivity contribution in [1.29, 1.82) is 0 Å². The third kappa shape index (κ3) is 1.56. The van der Waals surface area contributed by atoms with E-state index in [-0.39, 0.29) is 12.4 Å². The lowest BCUT2D eigenvalue weighted by Crippen LogP contribution is -1.89. The highest BCUT2D eigenvalue weighted by molar-refractivity contribution is 5.25. The highest BCUT2D eigenvalue weighted by Crippen LogP contribution is 2.12. The predicted molar refractivity (Wildman–Crippen MR) is 41.4 cm³/mol. The van der Waals surface area contributed by atoms with Gasteiger partial charge in [0.15, 0.2) is 0 Å². The van der Waals surface area contributed by atoms with Crippen molar-refractivity contribution in [1.82, 2.24) is 0 Å². The lowest BCUT2D eigenvalue weighted by atomic mass is 10.1. The fourth-order valence-corrected chi connectivity index (χ4v) is 0.915. The molecular weight excluding hydrogens is 141 g/mol. The molecule has 1 aromatic carbocycles. The van der Waals surface area contributed by atoms with Gasteiger partial charge < -0.3 is 4.85 Å². The fraction of sp³-hybridized carbons (Fsp3) is 0.222. The lowest BCUT2D eigenvalue weighted by molar-refractivity contribution is 0.605. The number of hydrogen-bond donors (Lipinski definition) is 0. The molecule has 1 rings (SSSR count). The predicted octanol–water partition coefficient (Wildman–Crippen LogP) is 2.55. The van der Waals surface area contributed by atoms with Gasteiger partial charge in [-0.05, 0) is 18.6 Å². The SMILES string of the molecule is [C-]#[N+]Cc1cccc(C)c1F. The van der Waals surface area contributed by atoms with Crippen molar-refractivity contribution < 1.29 is 4.39 Å². The Balaban J connectivity index is 3.08. The topological polar surface area (TPSA) is 4.36 Å². The number of nitrogens with zero attached hydrogens (tertiary/aromatic N) is 1. The molecule has 0 radical (unpaired) electrons. The molecule has 1 nitrogen and oxygen atoms in total. The summed E-state index contributed by atoms with van der Waals surface area (Å²) in [6.07, 6.45) is 0. The summed E-state index contributed by atoms with van der Waals surface area (Å²) in [5.74, 6) is -0.247. The van der Waals surface area contributed by atoms with Gasteiger partial charge in [-0.3, -0.25) is 0 Å². The van der Waals surface area contributed by atoms with E-state index in [2.05, 4.69) is 4.85 Å². The van der Waals surface area contributed by atoms with Crippen LogP contribution in [0, 0.1) is 19.3 Å². The van der Waals surface area contributed by atoms with Crippen LogP contribution in [0.4, 0.5) is 4.39 Å². The molecule has 11 heavy (non-hydrogen) atoms. The molecule has 0 saturated heterocycles. The van der Waals surface area contributed by atoms with Gasteiger partial charge in [-0.2, -0.15) is 0 Å². The van der Waals surface area contributed by atoms with Crippen molar-refractivity contribution in [2.45, 2.75) is 13.5 Å². The van der Waals surface area contributed by atoms with E-state index in [0.717, 1.165) is 0 Å². The van der Waals surface area contributed by atoms with E-state index in [1.807, 2.05) is 0 Å². The first kappa shape index (κ1) is 7.74. The van der Waals surface area contributed by atoms with Crippen LogP contribution in [0.2, 0.25) is 0 Å². The minimum atomic E-state index is -0.247. The zero-order valence-corrected chi connectivity index (χ0v) is 6.26. The Morgan fingerprint density at radius 3 is 2.91 bits per heavy atom. The van der Waals surface area contributed by atoms with Gasteiger partial charge >= 0.3 is 0 Å². The monoisotopic (exact) mass is 149 g/mol. The third-order valence-electron chi connectivity index (χ3n) is 1.52. The Kier molecular flexibility index (Phi) is 2.22. The van der Waals surface area contributed by atoms with Gasteiger partial charge in [-0.25, -0.2) is 11.0 Å². The van der Waals surface area contributed by atoms with E-state index in [9.17, 15) is 4.39 Å².